The molecular weight excluding hydrogens is 377 g/mol. The number of pyridine rings is 1. The van der Waals surface area contributed by atoms with Crippen LogP contribution in [-0.4, -0.2) is 67.4 Å². The number of carbonyl (C=O) groups is 1. The number of ether oxygens (including phenoxy) is 2. The third-order valence-corrected chi connectivity index (χ3v) is 5.31. The average molecular weight is 403 g/mol. The highest BCUT2D eigenvalue weighted by Gasteiger charge is 2.38. The number of aromatic nitrogens is 2. The van der Waals surface area contributed by atoms with Crippen molar-refractivity contribution in [2.45, 2.75) is 18.5 Å². The molecule has 1 saturated heterocycles. The molecule has 1 aliphatic heterocycles. The highest BCUT2D eigenvalue weighted by Crippen LogP contribution is 2.41. The van der Waals surface area contributed by atoms with Gasteiger partial charge >= 0.3 is 5.97 Å². The molecule has 0 saturated carbocycles. The van der Waals surface area contributed by atoms with Gasteiger partial charge in [0.05, 0.1) is 31.8 Å². The average Bonchev–Trinajstić information content (AvgIpc) is 3.15. The molecule has 8 nitrogen and oxygen atoms in total. The maximum atomic E-state index is 15.8. The van der Waals surface area contributed by atoms with Gasteiger partial charge in [0.25, 0.3) is 0 Å². The van der Waals surface area contributed by atoms with Gasteiger partial charge in [-0.2, -0.15) is 0 Å². The SMILES string of the molecule is CN=C(/C=C(\N)c1cnc2cc(OC)c(C3(F)CCN(C)CC3)cn12)C(=O)OC. The number of esters is 1. The topological polar surface area (TPSA) is 94.5 Å². The third kappa shape index (κ3) is 3.95. The van der Waals surface area contributed by atoms with E-state index < -0.39 is 11.6 Å². The standard InChI is InChI=1S/C20H26FN5O3/c1-23-15(19(27)29-4)9-14(22)16-11-24-18-10-17(28-3)13(12-26(16)18)20(21)5-7-25(2)8-6-20/h9-12H,5-8,22H2,1-4H3/b14-9-,23-15?. The van der Waals surface area contributed by atoms with Gasteiger partial charge in [-0.3, -0.25) is 9.39 Å². The highest BCUT2D eigenvalue weighted by molar-refractivity contribution is 6.42. The molecule has 0 radical (unpaired) electrons. The first kappa shape index (κ1) is 20.8. The fourth-order valence-corrected chi connectivity index (χ4v) is 3.51. The van der Waals surface area contributed by atoms with Crippen LogP contribution in [-0.2, 0) is 15.2 Å². The smallest absolute Gasteiger partial charge is 0.356 e. The summed E-state index contributed by atoms with van der Waals surface area (Å²) in [7, 11) is 6.24. The maximum absolute atomic E-state index is 15.8. The first-order valence-electron chi connectivity index (χ1n) is 9.28. The quantitative estimate of drug-likeness (QED) is 0.604. The molecule has 29 heavy (non-hydrogen) atoms. The monoisotopic (exact) mass is 403 g/mol. The molecule has 0 aliphatic carbocycles. The molecule has 3 heterocycles. The molecule has 9 heteroatoms. The molecule has 156 valence electrons. The number of rotatable bonds is 5. The van der Waals surface area contributed by atoms with Crippen molar-refractivity contribution in [2.24, 2.45) is 10.7 Å². The molecule has 3 rings (SSSR count). The second kappa shape index (κ2) is 8.20. The summed E-state index contributed by atoms with van der Waals surface area (Å²) < 4.78 is 27.7. The second-order valence-corrected chi connectivity index (χ2v) is 7.10. The number of imidazole rings is 1. The Labute approximate surface area is 168 Å². The van der Waals surface area contributed by atoms with Gasteiger partial charge < -0.3 is 20.1 Å². The summed E-state index contributed by atoms with van der Waals surface area (Å²) in [6.45, 7) is 1.32. The van der Waals surface area contributed by atoms with Crippen molar-refractivity contribution in [1.29, 1.82) is 0 Å². The van der Waals surface area contributed by atoms with Crippen LogP contribution in [0.15, 0.2) is 29.5 Å². The fourth-order valence-electron chi connectivity index (χ4n) is 3.51. The van der Waals surface area contributed by atoms with Crippen LogP contribution in [0.5, 0.6) is 5.75 Å². The van der Waals surface area contributed by atoms with Gasteiger partial charge in [0, 0.05) is 38.0 Å². The van der Waals surface area contributed by atoms with Crippen LogP contribution in [0.1, 0.15) is 24.1 Å². The van der Waals surface area contributed by atoms with Gasteiger partial charge in [-0.05, 0) is 26.0 Å². The highest BCUT2D eigenvalue weighted by atomic mass is 19.1. The number of aliphatic imine (C=N–C) groups is 1. The Morgan fingerprint density at radius 3 is 2.66 bits per heavy atom. The molecule has 1 aliphatic rings. The summed E-state index contributed by atoms with van der Waals surface area (Å²) in [6.07, 6.45) is 5.41. The van der Waals surface area contributed by atoms with E-state index in [0.29, 0.717) is 48.6 Å². The Hall–Kier alpha value is -2.94. The van der Waals surface area contributed by atoms with Gasteiger partial charge in [0.15, 0.2) is 0 Å². The number of methoxy groups -OCH3 is 2. The summed E-state index contributed by atoms with van der Waals surface area (Å²) in [5.74, 6) is -0.143. The summed E-state index contributed by atoms with van der Waals surface area (Å²) in [5.41, 5.74) is 6.57. The molecule has 2 aromatic rings. The Bertz CT molecular complexity index is 974. The normalized spacial score (nSPS) is 18.1. The number of hydrogen-bond acceptors (Lipinski definition) is 7. The van der Waals surface area contributed by atoms with Crippen LogP contribution in [0.3, 0.4) is 0 Å². The van der Waals surface area contributed by atoms with Crippen LogP contribution < -0.4 is 10.5 Å². The summed E-state index contributed by atoms with van der Waals surface area (Å²) in [6, 6.07) is 1.70. The molecule has 0 atom stereocenters. The van der Waals surface area contributed by atoms with Crippen LogP contribution in [0.25, 0.3) is 11.3 Å². The molecule has 2 N–H and O–H groups in total. The Balaban J connectivity index is 2.09. The molecule has 0 aromatic carbocycles. The van der Waals surface area contributed by atoms with Crippen molar-refractivity contribution in [3.8, 4) is 5.75 Å². The molecular formula is C20H26FN5O3. The van der Waals surface area contributed by atoms with Crippen LogP contribution >= 0.6 is 0 Å². The van der Waals surface area contributed by atoms with E-state index in [1.54, 1.807) is 22.9 Å². The van der Waals surface area contributed by atoms with Crippen molar-refractivity contribution < 1.29 is 18.7 Å². The predicted molar refractivity (Wildman–Crippen MR) is 109 cm³/mol. The lowest BCUT2D eigenvalue weighted by atomic mass is 9.86. The number of carbonyl (C=O) groups excluding carboxylic acids is 1. The number of halogens is 1. The number of piperidine rings is 1. The lowest BCUT2D eigenvalue weighted by Gasteiger charge is -2.35. The Morgan fingerprint density at radius 1 is 1.38 bits per heavy atom. The number of likely N-dealkylation sites (tertiary alicyclic amines) is 1. The number of fused-ring (bicyclic) bond motifs is 1. The van der Waals surface area contributed by atoms with E-state index in [9.17, 15) is 4.79 Å². The lowest BCUT2D eigenvalue weighted by molar-refractivity contribution is -0.132. The summed E-state index contributed by atoms with van der Waals surface area (Å²) in [4.78, 5) is 22.1. The number of nitrogens with zero attached hydrogens (tertiary/aromatic N) is 4. The zero-order valence-electron chi connectivity index (χ0n) is 17.1. The van der Waals surface area contributed by atoms with E-state index in [1.807, 2.05) is 7.05 Å². The second-order valence-electron chi connectivity index (χ2n) is 7.10. The van der Waals surface area contributed by atoms with Gasteiger partial charge in [-0.15, -0.1) is 0 Å². The van der Waals surface area contributed by atoms with Gasteiger partial charge in [-0.25, -0.2) is 14.2 Å². The Morgan fingerprint density at radius 2 is 2.07 bits per heavy atom. The van der Waals surface area contributed by atoms with Crippen molar-refractivity contribution in [1.82, 2.24) is 14.3 Å². The van der Waals surface area contributed by atoms with Gasteiger partial charge in [-0.1, -0.05) is 0 Å². The maximum Gasteiger partial charge on any atom is 0.356 e. The third-order valence-electron chi connectivity index (χ3n) is 5.31. The molecule has 2 aromatic heterocycles. The van der Waals surface area contributed by atoms with Crippen LogP contribution in [0.4, 0.5) is 4.39 Å². The summed E-state index contributed by atoms with van der Waals surface area (Å²) >= 11 is 0. The molecule has 0 amide bonds. The van der Waals surface area contributed by atoms with Crippen LogP contribution in [0, 0.1) is 0 Å². The fraction of sp³-hybridized carbons (Fsp3) is 0.450. The van der Waals surface area contributed by atoms with E-state index in [1.165, 1.54) is 27.3 Å². The molecule has 1 fully saturated rings. The number of hydrogen-bond donors (Lipinski definition) is 1. The Kier molecular flexibility index (Phi) is 5.88. The van der Waals surface area contributed by atoms with E-state index in [4.69, 9.17) is 15.2 Å². The zero-order chi connectivity index (χ0) is 21.2. The van der Waals surface area contributed by atoms with E-state index in [2.05, 4.69) is 14.9 Å². The van der Waals surface area contributed by atoms with Crippen molar-refractivity contribution >= 4 is 23.0 Å². The van der Waals surface area contributed by atoms with Crippen molar-refractivity contribution in [3.63, 3.8) is 0 Å². The number of alkyl halides is 1. The lowest BCUT2D eigenvalue weighted by Crippen LogP contribution is -2.38. The minimum absolute atomic E-state index is 0.0750. The molecule has 0 spiro atoms. The van der Waals surface area contributed by atoms with E-state index in [-0.39, 0.29) is 11.4 Å². The van der Waals surface area contributed by atoms with E-state index in [0.717, 1.165) is 0 Å². The van der Waals surface area contributed by atoms with Gasteiger partial charge in [0.2, 0.25) is 0 Å². The predicted octanol–water partition coefficient (Wildman–Crippen LogP) is 1.78. The van der Waals surface area contributed by atoms with E-state index >= 15 is 4.39 Å². The minimum atomic E-state index is -1.51. The number of nitrogens with two attached hydrogens (primary N) is 1. The first-order valence-corrected chi connectivity index (χ1v) is 9.28. The van der Waals surface area contributed by atoms with Crippen LogP contribution in [0.2, 0.25) is 0 Å². The van der Waals surface area contributed by atoms with Crippen molar-refractivity contribution in [2.75, 3.05) is 41.4 Å². The largest absolute Gasteiger partial charge is 0.496 e. The minimum Gasteiger partial charge on any atom is -0.496 e. The molecule has 0 unspecified atom stereocenters. The zero-order valence-corrected chi connectivity index (χ0v) is 17.1. The van der Waals surface area contributed by atoms with Gasteiger partial charge in [0.1, 0.15) is 22.8 Å². The first-order chi connectivity index (χ1) is 13.8. The summed E-state index contributed by atoms with van der Waals surface area (Å²) in [5, 5.41) is 0. The molecule has 0 bridgehead atoms. The van der Waals surface area contributed by atoms with Crippen molar-refractivity contribution in [3.05, 3.63) is 35.8 Å².